The van der Waals surface area contributed by atoms with Crippen LogP contribution < -0.4 is 10.5 Å². The van der Waals surface area contributed by atoms with Gasteiger partial charge in [0.15, 0.2) is 0 Å². The first-order valence-corrected chi connectivity index (χ1v) is 9.29. The number of sulfonamides is 1. The third-order valence-electron chi connectivity index (χ3n) is 3.67. The summed E-state index contributed by atoms with van der Waals surface area (Å²) in [5.74, 6) is 0.644. The molecule has 1 heterocycles. The number of ether oxygens (including phenoxy) is 1. The largest absolute Gasteiger partial charge is 0.493 e. The second kappa shape index (κ2) is 6.64. The van der Waals surface area contributed by atoms with Crippen LogP contribution in [-0.4, -0.2) is 38.0 Å². The molecule has 1 aliphatic rings. The normalized spacial score (nSPS) is 24.0. The fourth-order valence-electron chi connectivity index (χ4n) is 2.59. The monoisotopic (exact) mass is 376 g/mol. The molecule has 21 heavy (non-hydrogen) atoms. The van der Waals surface area contributed by atoms with E-state index in [1.807, 2.05) is 13.8 Å². The lowest BCUT2D eigenvalue weighted by molar-refractivity contribution is 0.247. The number of benzene rings is 1. The summed E-state index contributed by atoms with van der Waals surface area (Å²) >= 11 is 3.36. The van der Waals surface area contributed by atoms with E-state index in [4.69, 9.17) is 10.5 Å². The molecular formula is C14H21BrN2O3S. The van der Waals surface area contributed by atoms with Crippen molar-refractivity contribution in [2.45, 2.75) is 43.7 Å². The maximum absolute atomic E-state index is 12.7. The average molecular weight is 377 g/mol. The molecule has 2 atom stereocenters. The molecule has 118 valence electrons. The SMILES string of the molecule is CCOc1ccc(S(=O)(=O)N2CC[C@H](N)C[C@@H]2C)cc1Br. The summed E-state index contributed by atoms with van der Waals surface area (Å²) in [4.78, 5) is 0.278. The highest BCUT2D eigenvalue weighted by Crippen LogP contribution is 2.31. The van der Waals surface area contributed by atoms with E-state index in [9.17, 15) is 8.42 Å². The molecule has 0 bridgehead atoms. The van der Waals surface area contributed by atoms with E-state index < -0.39 is 10.0 Å². The Kier molecular flexibility index (Phi) is 5.29. The highest BCUT2D eigenvalue weighted by Gasteiger charge is 2.33. The van der Waals surface area contributed by atoms with Crippen molar-refractivity contribution in [1.82, 2.24) is 4.31 Å². The van der Waals surface area contributed by atoms with Crippen molar-refractivity contribution >= 4 is 26.0 Å². The van der Waals surface area contributed by atoms with Crippen LogP contribution in [-0.2, 0) is 10.0 Å². The maximum atomic E-state index is 12.7. The Morgan fingerprint density at radius 2 is 2.19 bits per heavy atom. The quantitative estimate of drug-likeness (QED) is 0.874. The summed E-state index contributed by atoms with van der Waals surface area (Å²) in [6, 6.07) is 4.87. The molecule has 7 heteroatoms. The summed E-state index contributed by atoms with van der Waals surface area (Å²) in [6.45, 7) is 4.79. The van der Waals surface area contributed by atoms with Crippen LogP contribution in [0.5, 0.6) is 5.75 Å². The predicted octanol–water partition coefficient (Wildman–Crippen LogP) is 2.35. The van der Waals surface area contributed by atoms with Crippen LogP contribution >= 0.6 is 15.9 Å². The lowest BCUT2D eigenvalue weighted by atomic mass is 10.0. The summed E-state index contributed by atoms with van der Waals surface area (Å²) in [6.07, 6.45) is 1.39. The van der Waals surface area contributed by atoms with Crippen molar-refractivity contribution < 1.29 is 13.2 Å². The molecule has 2 rings (SSSR count). The molecule has 0 spiro atoms. The average Bonchev–Trinajstić information content (AvgIpc) is 2.40. The zero-order chi connectivity index (χ0) is 15.6. The number of piperidine rings is 1. The number of nitrogens with two attached hydrogens (primary N) is 1. The molecule has 0 amide bonds. The van der Waals surface area contributed by atoms with Crippen molar-refractivity contribution in [3.8, 4) is 5.75 Å². The van der Waals surface area contributed by atoms with Gasteiger partial charge < -0.3 is 10.5 Å². The Balaban J connectivity index is 2.29. The third kappa shape index (κ3) is 3.59. The van der Waals surface area contributed by atoms with Crippen LogP contribution in [0, 0.1) is 0 Å². The predicted molar refractivity (Wildman–Crippen MR) is 85.9 cm³/mol. The molecule has 1 aromatic rings. The number of hydrogen-bond donors (Lipinski definition) is 1. The van der Waals surface area contributed by atoms with E-state index in [-0.39, 0.29) is 17.0 Å². The number of nitrogens with zero attached hydrogens (tertiary/aromatic N) is 1. The van der Waals surface area contributed by atoms with Gasteiger partial charge in [0, 0.05) is 18.6 Å². The van der Waals surface area contributed by atoms with E-state index >= 15 is 0 Å². The van der Waals surface area contributed by atoms with E-state index in [0.29, 0.717) is 36.2 Å². The van der Waals surface area contributed by atoms with Gasteiger partial charge in [0.2, 0.25) is 10.0 Å². The lowest BCUT2D eigenvalue weighted by Gasteiger charge is -2.35. The minimum absolute atomic E-state index is 0.0795. The Hall–Kier alpha value is -0.630. The van der Waals surface area contributed by atoms with Crippen molar-refractivity contribution in [2.75, 3.05) is 13.2 Å². The first-order valence-electron chi connectivity index (χ1n) is 7.06. The van der Waals surface area contributed by atoms with Crippen LogP contribution in [0.15, 0.2) is 27.6 Å². The minimum atomic E-state index is -3.50. The van der Waals surface area contributed by atoms with E-state index in [0.717, 1.165) is 0 Å². The zero-order valence-electron chi connectivity index (χ0n) is 12.3. The van der Waals surface area contributed by atoms with Crippen molar-refractivity contribution in [2.24, 2.45) is 5.73 Å². The number of rotatable bonds is 4. The van der Waals surface area contributed by atoms with Crippen molar-refractivity contribution in [3.05, 3.63) is 22.7 Å². The molecule has 0 aromatic heterocycles. The van der Waals surface area contributed by atoms with E-state index in [1.54, 1.807) is 22.5 Å². The van der Waals surface area contributed by atoms with Crippen LogP contribution in [0.4, 0.5) is 0 Å². The van der Waals surface area contributed by atoms with Gasteiger partial charge in [-0.15, -0.1) is 0 Å². The molecular weight excluding hydrogens is 356 g/mol. The number of halogens is 1. The highest BCUT2D eigenvalue weighted by molar-refractivity contribution is 9.10. The highest BCUT2D eigenvalue weighted by atomic mass is 79.9. The topological polar surface area (TPSA) is 72.6 Å². The van der Waals surface area contributed by atoms with Crippen LogP contribution in [0.2, 0.25) is 0 Å². The zero-order valence-corrected chi connectivity index (χ0v) is 14.7. The van der Waals surface area contributed by atoms with Gasteiger partial charge in [0.05, 0.1) is 16.0 Å². The van der Waals surface area contributed by atoms with E-state index in [2.05, 4.69) is 15.9 Å². The Morgan fingerprint density at radius 1 is 1.48 bits per heavy atom. The second-order valence-corrected chi connectivity index (χ2v) is 8.02. The Morgan fingerprint density at radius 3 is 2.76 bits per heavy atom. The standard InChI is InChI=1S/C14H21BrN2O3S/c1-3-20-14-5-4-12(9-13(14)15)21(18,19)17-7-6-11(16)8-10(17)2/h4-5,9-11H,3,6-8,16H2,1-2H3/t10-,11-/m0/s1. The lowest BCUT2D eigenvalue weighted by Crippen LogP contribution is -2.48. The molecule has 0 saturated carbocycles. The van der Waals surface area contributed by atoms with Gasteiger partial charge in [0.1, 0.15) is 5.75 Å². The molecule has 1 aromatic carbocycles. The van der Waals surface area contributed by atoms with Gasteiger partial charge in [-0.25, -0.2) is 8.42 Å². The Bertz CT molecular complexity index is 606. The first-order chi connectivity index (χ1) is 9.86. The minimum Gasteiger partial charge on any atom is -0.493 e. The smallest absolute Gasteiger partial charge is 0.243 e. The van der Waals surface area contributed by atoms with Gasteiger partial charge in [-0.2, -0.15) is 4.31 Å². The summed E-state index contributed by atoms with van der Waals surface area (Å²) in [5.41, 5.74) is 5.90. The molecule has 1 fully saturated rings. The van der Waals surface area contributed by atoms with Crippen molar-refractivity contribution in [3.63, 3.8) is 0 Å². The number of hydrogen-bond acceptors (Lipinski definition) is 4. The van der Waals surface area contributed by atoms with Gasteiger partial charge in [-0.05, 0) is 60.8 Å². The van der Waals surface area contributed by atoms with Crippen LogP contribution in [0.3, 0.4) is 0 Å². The van der Waals surface area contributed by atoms with Crippen LogP contribution in [0.25, 0.3) is 0 Å². The first kappa shape index (κ1) is 16.7. The molecule has 0 aliphatic carbocycles. The van der Waals surface area contributed by atoms with Crippen molar-refractivity contribution in [1.29, 1.82) is 0 Å². The summed E-state index contributed by atoms with van der Waals surface area (Å²) < 4.78 is 33.1. The van der Waals surface area contributed by atoms with Gasteiger partial charge in [0.25, 0.3) is 0 Å². The Labute approximate surface area is 134 Å². The molecule has 0 radical (unpaired) electrons. The van der Waals surface area contributed by atoms with Gasteiger partial charge >= 0.3 is 0 Å². The molecule has 1 saturated heterocycles. The molecule has 2 N–H and O–H groups in total. The molecule has 1 aliphatic heterocycles. The maximum Gasteiger partial charge on any atom is 0.243 e. The fourth-order valence-corrected chi connectivity index (χ4v) is 4.92. The van der Waals surface area contributed by atoms with Crippen LogP contribution in [0.1, 0.15) is 26.7 Å². The molecule has 5 nitrogen and oxygen atoms in total. The molecule has 0 unspecified atom stereocenters. The van der Waals surface area contributed by atoms with E-state index in [1.165, 1.54) is 0 Å². The van der Waals surface area contributed by atoms with Gasteiger partial charge in [-0.1, -0.05) is 0 Å². The summed E-state index contributed by atoms with van der Waals surface area (Å²) in [7, 11) is -3.50. The summed E-state index contributed by atoms with van der Waals surface area (Å²) in [5, 5.41) is 0. The fraction of sp³-hybridized carbons (Fsp3) is 0.571. The van der Waals surface area contributed by atoms with Gasteiger partial charge in [-0.3, -0.25) is 0 Å². The third-order valence-corrected chi connectivity index (χ3v) is 6.29. The second-order valence-electron chi connectivity index (χ2n) is 5.27.